The molecule has 2 aromatic carbocycles. The number of nitrogens with zero attached hydrogens (tertiary/aromatic N) is 2. The molecule has 49 heavy (non-hydrogen) atoms. The first-order valence-corrected chi connectivity index (χ1v) is 21.6. The van der Waals surface area contributed by atoms with Crippen LogP contribution in [0.1, 0.15) is 198 Å². The average Bonchev–Trinajstić information content (AvgIpc) is 3.46. The van der Waals surface area contributed by atoms with Crippen LogP contribution in [0, 0.1) is 0 Å². The van der Waals surface area contributed by atoms with E-state index in [1.807, 2.05) is 0 Å². The van der Waals surface area contributed by atoms with Crippen molar-refractivity contribution in [2.24, 2.45) is 0 Å². The van der Waals surface area contributed by atoms with Crippen LogP contribution in [-0.4, -0.2) is 28.6 Å². The molecule has 0 aliphatic carbocycles. The molecule has 0 fully saturated rings. The zero-order valence-electron chi connectivity index (χ0n) is 32.7. The molecule has 0 saturated heterocycles. The quantitative estimate of drug-likeness (QED) is 0.0737. The summed E-state index contributed by atoms with van der Waals surface area (Å²) in [5.74, 6) is 0.443. The fourth-order valence-corrected chi connectivity index (χ4v) is 8.50. The van der Waals surface area contributed by atoms with Crippen molar-refractivity contribution >= 4 is 0 Å². The largest absolute Gasteiger partial charge is 0.353 e. The molecule has 0 N–H and O–H groups in total. The number of benzene rings is 2. The Morgan fingerprint density at radius 3 is 1.14 bits per heavy atom. The summed E-state index contributed by atoms with van der Waals surface area (Å²) in [7, 11) is 0. The monoisotopic (exact) mass is 671 g/mol. The summed E-state index contributed by atoms with van der Waals surface area (Å²) in [6, 6.07) is 22.8. The molecule has 1 aliphatic heterocycles. The smallest absolute Gasteiger partial charge is 0.123 e. The standard InChI is InChI=1S/C47H78N2/c1-4-7-9-11-13-15-17-19-21-23-25-33-39-48-41-42-49(40-34-26-24-22-20-18-16-14-12-10-8-5-2)47(48,43-44-35-29-27-30-36-44)46(6-3)45-37-31-28-32-38-45/h27-32,35-38,41-42,46H,4-26,33-34,39-40,43H2,1-3H3. The van der Waals surface area contributed by atoms with Gasteiger partial charge in [0.2, 0.25) is 0 Å². The summed E-state index contributed by atoms with van der Waals surface area (Å²) in [4.78, 5) is 5.58. The lowest BCUT2D eigenvalue weighted by Gasteiger charge is -2.51. The second-order valence-electron chi connectivity index (χ2n) is 15.4. The van der Waals surface area contributed by atoms with E-state index < -0.39 is 0 Å². The summed E-state index contributed by atoms with van der Waals surface area (Å²) in [6.45, 7) is 9.35. The molecule has 0 saturated carbocycles. The van der Waals surface area contributed by atoms with Gasteiger partial charge in [-0.15, -0.1) is 0 Å². The van der Waals surface area contributed by atoms with Gasteiger partial charge in [0.25, 0.3) is 0 Å². The van der Waals surface area contributed by atoms with Crippen molar-refractivity contribution in [2.45, 2.75) is 199 Å². The Hall–Kier alpha value is -2.22. The predicted molar refractivity (Wildman–Crippen MR) is 217 cm³/mol. The lowest BCUT2D eigenvalue weighted by atomic mass is 9.78. The van der Waals surface area contributed by atoms with Gasteiger partial charge in [-0.05, 0) is 30.4 Å². The zero-order chi connectivity index (χ0) is 34.7. The van der Waals surface area contributed by atoms with Gasteiger partial charge in [-0.1, -0.05) is 223 Å². The van der Waals surface area contributed by atoms with Gasteiger partial charge in [0.1, 0.15) is 5.66 Å². The summed E-state index contributed by atoms with van der Waals surface area (Å²) >= 11 is 0. The van der Waals surface area contributed by atoms with E-state index in [2.05, 4.69) is 104 Å². The summed E-state index contributed by atoms with van der Waals surface area (Å²) < 4.78 is 0. The minimum atomic E-state index is -0.0625. The van der Waals surface area contributed by atoms with Crippen LogP contribution in [0.5, 0.6) is 0 Å². The highest BCUT2D eigenvalue weighted by Crippen LogP contribution is 2.45. The molecule has 276 valence electrons. The van der Waals surface area contributed by atoms with Gasteiger partial charge in [0.15, 0.2) is 0 Å². The molecule has 1 aliphatic rings. The molecule has 1 unspecified atom stereocenters. The molecule has 0 spiro atoms. The van der Waals surface area contributed by atoms with Gasteiger partial charge in [0.05, 0.1) is 0 Å². The van der Waals surface area contributed by atoms with Gasteiger partial charge < -0.3 is 9.80 Å². The van der Waals surface area contributed by atoms with Crippen LogP contribution in [0.25, 0.3) is 0 Å². The summed E-state index contributed by atoms with van der Waals surface area (Å²) in [5, 5.41) is 0. The average molecular weight is 671 g/mol. The van der Waals surface area contributed by atoms with Gasteiger partial charge in [0, 0.05) is 37.8 Å². The third-order valence-electron chi connectivity index (χ3n) is 11.4. The Kier molecular flexibility index (Phi) is 22.3. The number of unbranched alkanes of at least 4 members (excludes halogenated alkanes) is 22. The first-order valence-electron chi connectivity index (χ1n) is 21.6. The summed E-state index contributed by atoms with van der Waals surface area (Å²) in [5.41, 5.74) is 2.89. The van der Waals surface area contributed by atoms with E-state index in [1.165, 1.54) is 165 Å². The molecule has 2 heteroatoms. The number of hydrogen-bond acceptors (Lipinski definition) is 2. The van der Waals surface area contributed by atoms with Crippen LogP contribution < -0.4 is 0 Å². The highest BCUT2D eigenvalue weighted by Gasteiger charge is 2.49. The van der Waals surface area contributed by atoms with Crippen LogP contribution in [0.4, 0.5) is 0 Å². The Morgan fingerprint density at radius 1 is 0.429 bits per heavy atom. The first-order chi connectivity index (χ1) is 24.3. The highest BCUT2D eigenvalue weighted by molar-refractivity contribution is 5.30. The van der Waals surface area contributed by atoms with Gasteiger partial charge in [-0.3, -0.25) is 0 Å². The first kappa shape index (κ1) is 41.2. The second-order valence-corrected chi connectivity index (χ2v) is 15.4. The SMILES string of the molecule is CCCCCCCCCCCCCCN1C=CN(CCCCCCCCCCCCCC)C1(Cc1ccccc1)C(CC)c1ccccc1. The van der Waals surface area contributed by atoms with E-state index in [-0.39, 0.29) is 5.66 Å². The summed E-state index contributed by atoms with van der Waals surface area (Å²) in [6.07, 6.45) is 40.8. The van der Waals surface area contributed by atoms with E-state index in [4.69, 9.17) is 0 Å². The van der Waals surface area contributed by atoms with Crippen molar-refractivity contribution in [3.05, 3.63) is 84.2 Å². The number of rotatable bonds is 31. The van der Waals surface area contributed by atoms with E-state index in [9.17, 15) is 0 Å². The Morgan fingerprint density at radius 2 is 0.776 bits per heavy atom. The zero-order valence-corrected chi connectivity index (χ0v) is 32.7. The van der Waals surface area contributed by atoms with Crippen molar-refractivity contribution in [1.82, 2.24) is 9.80 Å². The van der Waals surface area contributed by atoms with E-state index in [1.54, 1.807) is 0 Å². The lowest BCUT2D eigenvalue weighted by molar-refractivity contribution is -0.00378. The molecule has 2 nitrogen and oxygen atoms in total. The van der Waals surface area contributed by atoms with Crippen molar-refractivity contribution in [1.29, 1.82) is 0 Å². The topological polar surface area (TPSA) is 6.48 Å². The third-order valence-corrected chi connectivity index (χ3v) is 11.4. The molecule has 0 aromatic heterocycles. The maximum absolute atomic E-state index is 2.79. The maximum Gasteiger partial charge on any atom is 0.123 e. The van der Waals surface area contributed by atoms with E-state index in [0.29, 0.717) is 5.92 Å². The van der Waals surface area contributed by atoms with E-state index >= 15 is 0 Å². The van der Waals surface area contributed by atoms with Crippen LogP contribution in [-0.2, 0) is 6.42 Å². The Balaban J connectivity index is 1.58. The second kappa shape index (κ2) is 26.6. The van der Waals surface area contributed by atoms with Crippen LogP contribution in [0.3, 0.4) is 0 Å². The molecule has 1 atom stereocenters. The fourth-order valence-electron chi connectivity index (χ4n) is 8.50. The van der Waals surface area contributed by atoms with Crippen LogP contribution in [0.2, 0.25) is 0 Å². The molecule has 0 bridgehead atoms. The molecular formula is C47H78N2. The lowest BCUT2D eigenvalue weighted by Crippen LogP contribution is -2.59. The third kappa shape index (κ3) is 15.3. The minimum absolute atomic E-state index is 0.0625. The van der Waals surface area contributed by atoms with E-state index in [0.717, 1.165) is 25.9 Å². The van der Waals surface area contributed by atoms with Crippen molar-refractivity contribution in [3.8, 4) is 0 Å². The van der Waals surface area contributed by atoms with Crippen LogP contribution >= 0.6 is 0 Å². The molecule has 0 amide bonds. The molecular weight excluding hydrogens is 593 g/mol. The van der Waals surface area contributed by atoms with Crippen LogP contribution in [0.15, 0.2) is 73.1 Å². The maximum atomic E-state index is 2.79. The van der Waals surface area contributed by atoms with Crippen molar-refractivity contribution < 1.29 is 0 Å². The molecule has 1 heterocycles. The highest BCUT2D eigenvalue weighted by atomic mass is 15.4. The number of hydrogen-bond donors (Lipinski definition) is 0. The normalized spacial score (nSPS) is 14.6. The van der Waals surface area contributed by atoms with Gasteiger partial charge >= 0.3 is 0 Å². The molecule has 3 rings (SSSR count). The fraction of sp³-hybridized carbons (Fsp3) is 0.702. The molecule has 0 radical (unpaired) electrons. The minimum Gasteiger partial charge on any atom is -0.353 e. The van der Waals surface area contributed by atoms with Gasteiger partial charge in [-0.2, -0.15) is 0 Å². The Labute approximate surface area is 305 Å². The predicted octanol–water partition coefficient (Wildman–Crippen LogP) is 14.6. The molecule has 2 aromatic rings. The Bertz CT molecular complexity index is 1010. The van der Waals surface area contributed by atoms with Gasteiger partial charge in [-0.25, -0.2) is 0 Å². The van der Waals surface area contributed by atoms with Crippen molar-refractivity contribution in [2.75, 3.05) is 13.1 Å². The van der Waals surface area contributed by atoms with Crippen molar-refractivity contribution in [3.63, 3.8) is 0 Å².